The van der Waals surface area contributed by atoms with Gasteiger partial charge in [-0.3, -0.25) is 9.69 Å². The Balaban J connectivity index is 1.85. The molecule has 0 spiro atoms. The minimum Gasteiger partial charge on any atom is -0.479 e. The number of hydrogen-bond acceptors (Lipinski definition) is 6. The number of nitrogens with zero attached hydrogens (tertiary/aromatic N) is 1. The number of anilines is 1. The van der Waals surface area contributed by atoms with Crippen LogP contribution < -0.4 is 9.64 Å². The number of methoxy groups -OCH3 is 1. The van der Waals surface area contributed by atoms with Gasteiger partial charge in [0, 0.05) is 0 Å². The number of amides is 1. The van der Waals surface area contributed by atoms with Crippen LogP contribution in [0.2, 0.25) is 5.02 Å². The average Bonchev–Trinajstić information content (AvgIpc) is 2.94. The molecule has 1 heterocycles. The summed E-state index contributed by atoms with van der Waals surface area (Å²) >= 11 is 16.2. The number of benzene rings is 2. The summed E-state index contributed by atoms with van der Waals surface area (Å²) in [5.74, 6) is -0.392. The van der Waals surface area contributed by atoms with Crippen molar-refractivity contribution < 1.29 is 19.1 Å². The molecule has 9 heteroatoms. The van der Waals surface area contributed by atoms with Crippen LogP contribution in [0.3, 0.4) is 0 Å². The quantitative estimate of drug-likeness (QED) is 0.326. The molecular formula is C19H13BrClNO4S2. The lowest BCUT2D eigenvalue weighted by Gasteiger charge is -2.13. The van der Waals surface area contributed by atoms with Crippen molar-refractivity contribution in [2.75, 3.05) is 18.6 Å². The molecule has 1 aliphatic rings. The van der Waals surface area contributed by atoms with E-state index in [1.807, 2.05) is 30.3 Å². The van der Waals surface area contributed by atoms with Crippen LogP contribution in [0.1, 0.15) is 5.56 Å². The molecular weight excluding hydrogens is 486 g/mol. The molecule has 28 heavy (non-hydrogen) atoms. The number of rotatable bonds is 5. The molecule has 0 aromatic heterocycles. The monoisotopic (exact) mass is 497 g/mol. The van der Waals surface area contributed by atoms with Crippen LogP contribution in [0.25, 0.3) is 6.08 Å². The second-order valence-corrected chi connectivity index (χ2v) is 8.47. The van der Waals surface area contributed by atoms with Gasteiger partial charge in [-0.25, -0.2) is 4.79 Å². The molecule has 0 bridgehead atoms. The van der Waals surface area contributed by atoms with Crippen LogP contribution >= 0.6 is 51.5 Å². The molecule has 1 aliphatic heterocycles. The van der Waals surface area contributed by atoms with Crippen molar-refractivity contribution in [3.63, 3.8) is 0 Å². The Morgan fingerprint density at radius 1 is 1.32 bits per heavy atom. The zero-order valence-electron chi connectivity index (χ0n) is 14.5. The van der Waals surface area contributed by atoms with Crippen molar-refractivity contribution in [2.45, 2.75) is 0 Å². The molecule has 0 unspecified atom stereocenters. The van der Waals surface area contributed by atoms with E-state index < -0.39 is 5.97 Å². The number of para-hydroxylation sites is 1. The number of carbonyl (C=O) groups is 2. The van der Waals surface area contributed by atoms with E-state index in [1.165, 1.54) is 23.8 Å². The largest absolute Gasteiger partial charge is 0.479 e. The first-order chi connectivity index (χ1) is 13.4. The summed E-state index contributed by atoms with van der Waals surface area (Å²) in [5.41, 5.74) is 1.41. The predicted molar refractivity (Wildman–Crippen MR) is 119 cm³/mol. The summed E-state index contributed by atoms with van der Waals surface area (Å²) in [6, 6.07) is 12.6. The third kappa shape index (κ3) is 4.57. The van der Waals surface area contributed by atoms with Crippen molar-refractivity contribution >= 4 is 79.5 Å². The fourth-order valence-electron chi connectivity index (χ4n) is 2.41. The number of esters is 1. The van der Waals surface area contributed by atoms with Crippen molar-refractivity contribution in [1.29, 1.82) is 0 Å². The van der Waals surface area contributed by atoms with E-state index in [1.54, 1.807) is 18.2 Å². The fraction of sp³-hybridized carbons (Fsp3) is 0.105. The van der Waals surface area contributed by atoms with Crippen LogP contribution in [-0.2, 0) is 14.3 Å². The van der Waals surface area contributed by atoms with Crippen molar-refractivity contribution in [2.24, 2.45) is 0 Å². The fourth-order valence-corrected chi connectivity index (χ4v) is 4.70. The van der Waals surface area contributed by atoms with Crippen LogP contribution in [0.5, 0.6) is 5.75 Å². The van der Waals surface area contributed by atoms with E-state index in [9.17, 15) is 9.59 Å². The Bertz CT molecular complexity index is 958. The Morgan fingerprint density at radius 2 is 2.04 bits per heavy atom. The zero-order chi connectivity index (χ0) is 20.3. The maximum absolute atomic E-state index is 12.8. The van der Waals surface area contributed by atoms with Crippen LogP contribution in [-0.4, -0.2) is 29.9 Å². The first-order valence-electron chi connectivity index (χ1n) is 7.92. The van der Waals surface area contributed by atoms with E-state index in [4.69, 9.17) is 28.6 Å². The highest BCUT2D eigenvalue weighted by atomic mass is 79.9. The summed E-state index contributed by atoms with van der Waals surface area (Å²) in [6.45, 7) is -0.260. The van der Waals surface area contributed by atoms with E-state index in [0.717, 1.165) is 5.69 Å². The van der Waals surface area contributed by atoms with Gasteiger partial charge in [-0.1, -0.05) is 53.8 Å². The minimum atomic E-state index is -0.517. The van der Waals surface area contributed by atoms with Crippen LogP contribution in [0.4, 0.5) is 5.69 Å². The predicted octanol–water partition coefficient (Wildman–Crippen LogP) is 5.06. The van der Waals surface area contributed by atoms with Gasteiger partial charge in [0.05, 0.1) is 27.2 Å². The second kappa shape index (κ2) is 9.09. The van der Waals surface area contributed by atoms with E-state index in [0.29, 0.717) is 30.0 Å². The van der Waals surface area contributed by atoms with Crippen molar-refractivity contribution in [1.82, 2.24) is 0 Å². The molecule has 1 fully saturated rings. The minimum absolute atomic E-state index is 0.195. The number of thiocarbonyl (C=S) groups is 1. The molecule has 0 saturated carbocycles. The van der Waals surface area contributed by atoms with Crippen LogP contribution in [0, 0.1) is 0 Å². The first kappa shape index (κ1) is 20.9. The van der Waals surface area contributed by atoms with Gasteiger partial charge in [0.2, 0.25) is 0 Å². The van der Waals surface area contributed by atoms with E-state index >= 15 is 0 Å². The lowest BCUT2D eigenvalue weighted by Crippen LogP contribution is -2.27. The van der Waals surface area contributed by atoms with Gasteiger partial charge in [-0.15, -0.1) is 0 Å². The van der Waals surface area contributed by atoms with Gasteiger partial charge < -0.3 is 9.47 Å². The zero-order valence-corrected chi connectivity index (χ0v) is 18.5. The van der Waals surface area contributed by atoms with E-state index in [-0.39, 0.29) is 12.5 Å². The maximum atomic E-state index is 12.8. The Morgan fingerprint density at radius 3 is 2.68 bits per heavy atom. The number of thioether (sulfide) groups is 1. The SMILES string of the molecule is COC(=O)COc1c(Cl)cc(C=C2SC(=S)N(c3ccccc3)C2=O)cc1Br. The molecule has 0 aliphatic carbocycles. The Hall–Kier alpha value is -1.87. The van der Waals surface area contributed by atoms with Crippen LogP contribution in [0.15, 0.2) is 51.8 Å². The standard InChI is InChI=1S/C19H13BrClNO4S2/c1-25-16(23)10-26-17-13(20)7-11(8-14(17)21)9-15-18(24)22(19(27)28-15)12-5-3-2-4-6-12/h2-9H,10H2,1H3. The van der Waals surface area contributed by atoms with Gasteiger partial charge in [0.15, 0.2) is 16.7 Å². The van der Waals surface area contributed by atoms with Gasteiger partial charge in [-0.2, -0.15) is 0 Å². The summed E-state index contributed by atoms with van der Waals surface area (Å²) < 4.78 is 10.9. The highest BCUT2D eigenvalue weighted by Gasteiger charge is 2.33. The third-order valence-corrected chi connectivity index (χ3v) is 5.86. The molecule has 5 nitrogen and oxygen atoms in total. The van der Waals surface area contributed by atoms with Crippen molar-refractivity contribution in [3.8, 4) is 5.75 Å². The number of carbonyl (C=O) groups excluding carboxylic acids is 2. The molecule has 2 aromatic carbocycles. The van der Waals surface area contributed by atoms with Gasteiger partial charge >= 0.3 is 5.97 Å². The molecule has 144 valence electrons. The number of hydrogen-bond donors (Lipinski definition) is 0. The molecule has 0 atom stereocenters. The molecule has 1 saturated heterocycles. The summed E-state index contributed by atoms with van der Waals surface area (Å²) in [4.78, 5) is 26.0. The molecule has 0 radical (unpaired) electrons. The van der Waals surface area contributed by atoms with Gasteiger partial charge in [-0.05, 0) is 51.8 Å². The molecule has 3 rings (SSSR count). The highest BCUT2D eigenvalue weighted by Crippen LogP contribution is 2.39. The number of ether oxygens (including phenoxy) is 2. The third-order valence-electron chi connectivity index (χ3n) is 3.69. The Kier molecular flexibility index (Phi) is 6.77. The number of halogens is 2. The molecule has 0 N–H and O–H groups in total. The van der Waals surface area contributed by atoms with Gasteiger partial charge in [0.25, 0.3) is 5.91 Å². The second-order valence-electron chi connectivity index (χ2n) is 5.53. The first-order valence-corrected chi connectivity index (χ1v) is 10.3. The Labute approximate surface area is 184 Å². The smallest absolute Gasteiger partial charge is 0.343 e. The molecule has 2 aromatic rings. The van der Waals surface area contributed by atoms with Crippen molar-refractivity contribution in [3.05, 3.63) is 62.4 Å². The van der Waals surface area contributed by atoms with E-state index in [2.05, 4.69) is 20.7 Å². The average molecular weight is 499 g/mol. The normalized spacial score (nSPS) is 15.2. The topological polar surface area (TPSA) is 55.8 Å². The highest BCUT2D eigenvalue weighted by molar-refractivity contribution is 9.10. The van der Waals surface area contributed by atoms with Gasteiger partial charge in [0.1, 0.15) is 0 Å². The summed E-state index contributed by atoms with van der Waals surface area (Å²) in [6.07, 6.45) is 1.71. The maximum Gasteiger partial charge on any atom is 0.343 e. The summed E-state index contributed by atoms with van der Waals surface area (Å²) in [5, 5.41) is 0.295. The lowest BCUT2D eigenvalue weighted by atomic mass is 10.2. The lowest BCUT2D eigenvalue weighted by molar-refractivity contribution is -0.142. The summed E-state index contributed by atoms with van der Waals surface area (Å²) in [7, 11) is 1.27. The molecule has 1 amide bonds.